The van der Waals surface area contributed by atoms with E-state index in [1.54, 1.807) is 16.8 Å². The minimum atomic E-state index is -0.467. The van der Waals surface area contributed by atoms with Gasteiger partial charge in [-0.15, -0.1) is 0 Å². The maximum Gasteiger partial charge on any atom is 0.136 e. The van der Waals surface area contributed by atoms with Crippen molar-refractivity contribution in [3.63, 3.8) is 0 Å². The summed E-state index contributed by atoms with van der Waals surface area (Å²) >= 11 is 0. The van der Waals surface area contributed by atoms with E-state index in [9.17, 15) is 4.39 Å². The number of nitrogens with zero attached hydrogens (tertiary/aromatic N) is 2. The van der Waals surface area contributed by atoms with Crippen LogP contribution in [0.2, 0.25) is 0 Å². The molecule has 11 heavy (non-hydrogen) atoms. The molecule has 2 rings (SSSR count). The second kappa shape index (κ2) is 2.34. The van der Waals surface area contributed by atoms with Crippen molar-refractivity contribution in [3.8, 4) is 0 Å². The minimum absolute atomic E-state index is 0.467. The van der Waals surface area contributed by atoms with Gasteiger partial charge in [-0.1, -0.05) is 6.07 Å². The molecule has 0 N–H and O–H groups in total. The molecule has 0 fully saturated rings. The Morgan fingerprint density at radius 3 is 3.18 bits per heavy atom. The molecule has 0 aliphatic rings. The van der Waals surface area contributed by atoms with Crippen molar-refractivity contribution in [2.24, 2.45) is 0 Å². The molecule has 0 amide bonds. The van der Waals surface area contributed by atoms with Crippen LogP contribution >= 0.6 is 0 Å². The first-order valence-corrected chi connectivity index (χ1v) is 3.39. The van der Waals surface area contributed by atoms with E-state index in [4.69, 9.17) is 0 Å². The SMILES string of the molecule is FCc1cnc2ccccn12. The molecule has 0 aromatic carbocycles. The lowest BCUT2D eigenvalue weighted by atomic mass is 10.4. The summed E-state index contributed by atoms with van der Waals surface area (Å²) in [5.41, 5.74) is 1.39. The lowest BCUT2D eigenvalue weighted by molar-refractivity contribution is 0.474. The van der Waals surface area contributed by atoms with Gasteiger partial charge in [0.2, 0.25) is 0 Å². The van der Waals surface area contributed by atoms with Crippen molar-refractivity contribution in [2.75, 3.05) is 0 Å². The Morgan fingerprint density at radius 2 is 2.36 bits per heavy atom. The Hall–Kier alpha value is -1.38. The van der Waals surface area contributed by atoms with Gasteiger partial charge in [0.15, 0.2) is 0 Å². The van der Waals surface area contributed by atoms with Crippen molar-refractivity contribution in [1.82, 2.24) is 9.38 Å². The summed E-state index contributed by atoms with van der Waals surface area (Å²) in [5, 5.41) is 0. The molecular formula is C8H7FN2. The first kappa shape index (κ1) is 6.34. The maximum absolute atomic E-state index is 12.2. The topological polar surface area (TPSA) is 17.3 Å². The number of alkyl halides is 1. The van der Waals surface area contributed by atoms with Gasteiger partial charge in [0.25, 0.3) is 0 Å². The number of hydrogen-bond acceptors (Lipinski definition) is 1. The van der Waals surface area contributed by atoms with Gasteiger partial charge < -0.3 is 4.40 Å². The average Bonchev–Trinajstić information content (AvgIpc) is 2.47. The fourth-order valence-corrected chi connectivity index (χ4v) is 1.08. The maximum atomic E-state index is 12.2. The molecule has 0 spiro atoms. The zero-order valence-corrected chi connectivity index (χ0v) is 5.87. The molecule has 0 aliphatic heterocycles. The van der Waals surface area contributed by atoms with E-state index < -0.39 is 6.67 Å². The number of halogens is 1. The van der Waals surface area contributed by atoms with Crippen LogP contribution in [-0.4, -0.2) is 9.38 Å². The fraction of sp³-hybridized carbons (Fsp3) is 0.125. The van der Waals surface area contributed by atoms with Crippen LogP contribution in [-0.2, 0) is 6.67 Å². The van der Waals surface area contributed by atoms with Gasteiger partial charge in [0, 0.05) is 6.20 Å². The molecule has 3 heteroatoms. The molecule has 2 aromatic rings. The minimum Gasteiger partial charge on any atom is -0.301 e. The first-order valence-electron chi connectivity index (χ1n) is 3.39. The van der Waals surface area contributed by atoms with Gasteiger partial charge in [-0.25, -0.2) is 9.37 Å². The molecule has 0 unspecified atom stereocenters. The van der Waals surface area contributed by atoms with Crippen molar-refractivity contribution < 1.29 is 4.39 Å². The molecule has 0 bridgehead atoms. The normalized spacial score (nSPS) is 10.6. The van der Waals surface area contributed by atoms with Gasteiger partial charge in [0.1, 0.15) is 12.3 Å². The van der Waals surface area contributed by atoms with E-state index >= 15 is 0 Å². The lowest BCUT2D eigenvalue weighted by Crippen LogP contribution is -1.87. The summed E-state index contributed by atoms with van der Waals surface area (Å²) in [7, 11) is 0. The average molecular weight is 150 g/mol. The van der Waals surface area contributed by atoms with Crippen LogP contribution in [0.25, 0.3) is 5.65 Å². The monoisotopic (exact) mass is 150 g/mol. The van der Waals surface area contributed by atoms with Crippen molar-refractivity contribution in [3.05, 3.63) is 36.3 Å². The molecule has 2 aromatic heterocycles. The molecule has 0 saturated heterocycles. The smallest absolute Gasteiger partial charge is 0.136 e. The summed E-state index contributed by atoms with van der Waals surface area (Å²) in [6.45, 7) is -0.467. The van der Waals surface area contributed by atoms with Crippen molar-refractivity contribution >= 4 is 5.65 Å². The Bertz CT molecular complexity index is 367. The number of rotatable bonds is 1. The van der Waals surface area contributed by atoms with Gasteiger partial charge >= 0.3 is 0 Å². The van der Waals surface area contributed by atoms with Crippen LogP contribution in [0.3, 0.4) is 0 Å². The molecule has 2 heterocycles. The molecule has 0 saturated carbocycles. The van der Waals surface area contributed by atoms with E-state index in [-0.39, 0.29) is 0 Å². The van der Waals surface area contributed by atoms with Crippen LogP contribution in [0.5, 0.6) is 0 Å². The number of imidazole rings is 1. The van der Waals surface area contributed by atoms with Crippen LogP contribution in [0.15, 0.2) is 30.6 Å². The summed E-state index contributed by atoms with van der Waals surface area (Å²) in [4.78, 5) is 4.01. The first-order chi connectivity index (χ1) is 5.42. The van der Waals surface area contributed by atoms with E-state index in [1.165, 1.54) is 0 Å². The van der Waals surface area contributed by atoms with Gasteiger partial charge in [-0.05, 0) is 12.1 Å². The third kappa shape index (κ3) is 0.888. The highest BCUT2D eigenvalue weighted by Gasteiger charge is 1.98. The predicted molar refractivity (Wildman–Crippen MR) is 40.0 cm³/mol. The number of fused-ring (bicyclic) bond motifs is 1. The summed E-state index contributed by atoms with van der Waals surface area (Å²) in [6.07, 6.45) is 3.35. The van der Waals surface area contributed by atoms with Crippen LogP contribution in [0.4, 0.5) is 4.39 Å². The van der Waals surface area contributed by atoms with Crippen LogP contribution in [0, 0.1) is 0 Å². The number of aromatic nitrogens is 2. The van der Waals surface area contributed by atoms with E-state index in [2.05, 4.69) is 4.98 Å². The van der Waals surface area contributed by atoms with Gasteiger partial charge in [-0.2, -0.15) is 0 Å². The molecule has 0 radical (unpaired) electrons. The van der Waals surface area contributed by atoms with Crippen LogP contribution in [0.1, 0.15) is 5.69 Å². The van der Waals surface area contributed by atoms with Gasteiger partial charge in [-0.3, -0.25) is 0 Å². The summed E-state index contributed by atoms with van der Waals surface area (Å²) < 4.78 is 14.0. The number of hydrogen-bond donors (Lipinski definition) is 0. The van der Waals surface area contributed by atoms with Gasteiger partial charge in [0.05, 0.1) is 11.9 Å². The predicted octanol–water partition coefficient (Wildman–Crippen LogP) is 1.80. The highest BCUT2D eigenvalue weighted by molar-refractivity contribution is 5.39. The standard InChI is InChI=1S/C8H7FN2/c9-5-7-6-10-8-3-1-2-4-11(7)8/h1-4,6H,5H2. The number of pyridine rings is 1. The highest BCUT2D eigenvalue weighted by atomic mass is 19.1. The van der Waals surface area contributed by atoms with E-state index in [0.717, 1.165) is 5.65 Å². The molecule has 2 nitrogen and oxygen atoms in total. The Balaban J connectivity index is 2.76. The third-order valence-corrected chi connectivity index (χ3v) is 1.63. The Kier molecular flexibility index (Phi) is 1.35. The van der Waals surface area contributed by atoms with E-state index in [1.807, 2.05) is 18.2 Å². The second-order valence-electron chi connectivity index (χ2n) is 2.31. The zero-order chi connectivity index (χ0) is 7.68. The summed E-state index contributed by atoms with van der Waals surface area (Å²) in [5.74, 6) is 0. The molecule has 0 aliphatic carbocycles. The lowest BCUT2D eigenvalue weighted by Gasteiger charge is -1.93. The third-order valence-electron chi connectivity index (χ3n) is 1.63. The van der Waals surface area contributed by atoms with Crippen LogP contribution < -0.4 is 0 Å². The fourth-order valence-electron chi connectivity index (χ4n) is 1.08. The second-order valence-corrected chi connectivity index (χ2v) is 2.31. The summed E-state index contributed by atoms with van der Waals surface area (Å²) in [6, 6.07) is 5.58. The largest absolute Gasteiger partial charge is 0.301 e. The quantitative estimate of drug-likeness (QED) is 0.606. The van der Waals surface area contributed by atoms with E-state index in [0.29, 0.717) is 5.69 Å². The zero-order valence-electron chi connectivity index (χ0n) is 5.87. The van der Waals surface area contributed by atoms with Crippen molar-refractivity contribution in [1.29, 1.82) is 0 Å². The molecule has 56 valence electrons. The Labute approximate surface area is 63.3 Å². The highest BCUT2D eigenvalue weighted by Crippen LogP contribution is 2.06. The molecule has 0 atom stereocenters. The Morgan fingerprint density at radius 1 is 1.45 bits per heavy atom. The van der Waals surface area contributed by atoms with Crippen molar-refractivity contribution in [2.45, 2.75) is 6.67 Å². The molecular weight excluding hydrogens is 143 g/mol.